The zero-order chi connectivity index (χ0) is 8.43. The molecule has 0 saturated carbocycles. The maximum Gasteiger partial charge on any atom is 0.172 e. The largest absolute Gasteiger partial charge is 0.381 e. The number of nitrogens with two attached hydrogens (primary N) is 1. The van der Waals surface area contributed by atoms with Crippen LogP contribution in [0.1, 0.15) is 0 Å². The first-order valence-electron chi connectivity index (χ1n) is 3.06. The van der Waals surface area contributed by atoms with Crippen LogP contribution in [0.3, 0.4) is 0 Å². The summed E-state index contributed by atoms with van der Waals surface area (Å²) >= 11 is 3.21. The lowest BCUT2D eigenvalue weighted by atomic mass is 10.5. The van der Waals surface area contributed by atoms with Gasteiger partial charge in [-0.15, -0.1) is 0 Å². The summed E-state index contributed by atoms with van der Waals surface area (Å²) in [5.41, 5.74) is 5.55. The quantitative estimate of drug-likeness (QED) is 0.758. The van der Waals surface area contributed by atoms with Crippen molar-refractivity contribution >= 4 is 27.6 Å². The van der Waals surface area contributed by atoms with Gasteiger partial charge in [-0.1, -0.05) is 0 Å². The zero-order valence-corrected chi connectivity index (χ0v) is 7.96. The van der Waals surface area contributed by atoms with Crippen LogP contribution in [0.15, 0.2) is 10.8 Å². The molecule has 60 valence electrons. The molecule has 0 spiro atoms. The summed E-state index contributed by atoms with van der Waals surface area (Å²) in [6.07, 6.45) is 1.57. The Morgan fingerprint density at radius 1 is 1.55 bits per heavy atom. The molecule has 0 fully saturated rings. The lowest BCUT2D eigenvalue weighted by Crippen LogP contribution is -2.13. The molecular formula is C6H9BrN4. The molecule has 11 heavy (non-hydrogen) atoms. The highest BCUT2D eigenvalue weighted by Gasteiger charge is 2.03. The third kappa shape index (κ3) is 1.80. The van der Waals surface area contributed by atoms with Crippen molar-refractivity contribution in [3.05, 3.63) is 10.8 Å². The van der Waals surface area contributed by atoms with Crippen LogP contribution in [0.5, 0.6) is 0 Å². The van der Waals surface area contributed by atoms with Crippen molar-refractivity contribution < 1.29 is 0 Å². The molecule has 0 amide bonds. The van der Waals surface area contributed by atoms with Gasteiger partial charge in [-0.2, -0.15) is 0 Å². The van der Waals surface area contributed by atoms with Gasteiger partial charge in [0.2, 0.25) is 0 Å². The minimum absolute atomic E-state index is 0.443. The van der Waals surface area contributed by atoms with Crippen molar-refractivity contribution in [1.82, 2.24) is 9.97 Å². The van der Waals surface area contributed by atoms with Gasteiger partial charge in [0.1, 0.15) is 4.60 Å². The van der Waals surface area contributed by atoms with Crippen molar-refractivity contribution in [1.29, 1.82) is 0 Å². The van der Waals surface area contributed by atoms with Gasteiger partial charge in [-0.25, -0.2) is 9.97 Å². The summed E-state index contributed by atoms with van der Waals surface area (Å²) in [5.74, 6) is 1.12. The molecule has 0 bridgehead atoms. The predicted molar refractivity (Wildman–Crippen MR) is 48.5 cm³/mol. The molecule has 0 radical (unpaired) electrons. The van der Waals surface area contributed by atoms with E-state index in [-0.39, 0.29) is 0 Å². The van der Waals surface area contributed by atoms with E-state index in [4.69, 9.17) is 5.73 Å². The second-order valence-electron chi connectivity index (χ2n) is 2.30. The standard InChI is InChI=1S/C6H9BrN4/c1-11(2)6-5(8)9-3-4(7)10-6/h3H,1-2H3,(H2,8,9). The number of hydrogen-bond acceptors (Lipinski definition) is 4. The van der Waals surface area contributed by atoms with Gasteiger partial charge in [0.15, 0.2) is 11.6 Å². The molecule has 4 nitrogen and oxygen atoms in total. The van der Waals surface area contributed by atoms with E-state index in [2.05, 4.69) is 25.9 Å². The van der Waals surface area contributed by atoms with Crippen LogP contribution in [0.25, 0.3) is 0 Å². The number of nitrogen functional groups attached to an aromatic ring is 1. The highest BCUT2D eigenvalue weighted by molar-refractivity contribution is 9.10. The van der Waals surface area contributed by atoms with Gasteiger partial charge in [0.25, 0.3) is 0 Å². The van der Waals surface area contributed by atoms with E-state index in [9.17, 15) is 0 Å². The number of hydrogen-bond donors (Lipinski definition) is 1. The van der Waals surface area contributed by atoms with Crippen molar-refractivity contribution in [3.8, 4) is 0 Å². The fourth-order valence-electron chi connectivity index (χ4n) is 0.697. The summed E-state index contributed by atoms with van der Waals surface area (Å²) in [5, 5.41) is 0. The predicted octanol–water partition coefficient (Wildman–Crippen LogP) is 0.887. The zero-order valence-electron chi connectivity index (χ0n) is 6.37. The number of anilines is 2. The van der Waals surface area contributed by atoms with Crippen LogP contribution in [0.2, 0.25) is 0 Å². The van der Waals surface area contributed by atoms with Gasteiger partial charge in [0, 0.05) is 14.1 Å². The van der Waals surface area contributed by atoms with E-state index in [1.54, 1.807) is 6.20 Å². The molecule has 1 rings (SSSR count). The summed E-state index contributed by atoms with van der Waals surface area (Å²) in [7, 11) is 3.74. The molecule has 0 atom stereocenters. The minimum atomic E-state index is 0.443. The SMILES string of the molecule is CN(C)c1nc(Br)cnc1N. The monoisotopic (exact) mass is 216 g/mol. The lowest BCUT2D eigenvalue weighted by Gasteiger charge is -2.12. The summed E-state index contributed by atoms with van der Waals surface area (Å²) in [4.78, 5) is 9.87. The van der Waals surface area contributed by atoms with Gasteiger partial charge in [0.05, 0.1) is 6.20 Å². The molecule has 0 aliphatic rings. The Balaban J connectivity index is 3.13. The maximum atomic E-state index is 5.55. The number of rotatable bonds is 1. The normalized spacial score (nSPS) is 9.73. The highest BCUT2D eigenvalue weighted by atomic mass is 79.9. The fraction of sp³-hybridized carbons (Fsp3) is 0.333. The third-order valence-electron chi connectivity index (χ3n) is 1.18. The third-order valence-corrected chi connectivity index (χ3v) is 1.56. The summed E-state index contributed by atoms with van der Waals surface area (Å²) in [6.45, 7) is 0. The molecule has 0 aliphatic heterocycles. The second kappa shape index (κ2) is 3.04. The molecule has 0 aliphatic carbocycles. The topological polar surface area (TPSA) is 55.0 Å². The van der Waals surface area contributed by atoms with Crippen molar-refractivity contribution in [2.45, 2.75) is 0 Å². The Bertz CT molecular complexity index is 261. The Morgan fingerprint density at radius 2 is 2.18 bits per heavy atom. The van der Waals surface area contributed by atoms with Crippen LogP contribution in [0, 0.1) is 0 Å². The minimum Gasteiger partial charge on any atom is -0.381 e. The molecule has 0 saturated heterocycles. The van der Waals surface area contributed by atoms with Crippen LogP contribution in [-0.4, -0.2) is 24.1 Å². The van der Waals surface area contributed by atoms with E-state index < -0.39 is 0 Å². The molecule has 0 unspecified atom stereocenters. The Hall–Kier alpha value is -0.840. The maximum absolute atomic E-state index is 5.55. The van der Waals surface area contributed by atoms with Crippen LogP contribution in [-0.2, 0) is 0 Å². The average molecular weight is 217 g/mol. The molecular weight excluding hydrogens is 208 g/mol. The van der Waals surface area contributed by atoms with Crippen LogP contribution >= 0.6 is 15.9 Å². The average Bonchev–Trinajstić information content (AvgIpc) is 1.94. The van der Waals surface area contributed by atoms with E-state index >= 15 is 0 Å². The van der Waals surface area contributed by atoms with Crippen LogP contribution < -0.4 is 10.6 Å². The fourth-order valence-corrected chi connectivity index (χ4v) is 0.967. The van der Waals surface area contributed by atoms with Crippen molar-refractivity contribution in [2.24, 2.45) is 0 Å². The Morgan fingerprint density at radius 3 is 2.64 bits per heavy atom. The van der Waals surface area contributed by atoms with Gasteiger partial charge >= 0.3 is 0 Å². The van der Waals surface area contributed by atoms with Gasteiger partial charge in [-0.05, 0) is 15.9 Å². The second-order valence-corrected chi connectivity index (χ2v) is 3.11. The van der Waals surface area contributed by atoms with E-state index in [1.807, 2.05) is 19.0 Å². The molecule has 0 aromatic carbocycles. The van der Waals surface area contributed by atoms with Gasteiger partial charge in [-0.3, -0.25) is 0 Å². The Labute approximate surface area is 73.6 Å². The summed E-state index contributed by atoms with van der Waals surface area (Å²) in [6, 6.07) is 0. The van der Waals surface area contributed by atoms with Crippen LogP contribution in [0.4, 0.5) is 11.6 Å². The molecule has 1 heterocycles. The highest BCUT2D eigenvalue weighted by Crippen LogP contribution is 2.17. The first-order chi connectivity index (χ1) is 5.11. The first kappa shape index (κ1) is 8.26. The smallest absolute Gasteiger partial charge is 0.172 e. The molecule has 2 N–H and O–H groups in total. The number of nitrogens with zero attached hydrogens (tertiary/aromatic N) is 3. The molecule has 5 heteroatoms. The van der Waals surface area contributed by atoms with Crippen molar-refractivity contribution in [2.75, 3.05) is 24.7 Å². The first-order valence-corrected chi connectivity index (χ1v) is 3.86. The molecule has 1 aromatic heterocycles. The van der Waals surface area contributed by atoms with Crippen molar-refractivity contribution in [3.63, 3.8) is 0 Å². The molecule has 1 aromatic rings. The van der Waals surface area contributed by atoms with E-state index in [0.29, 0.717) is 16.2 Å². The summed E-state index contributed by atoms with van der Waals surface area (Å²) < 4.78 is 0.690. The number of halogens is 1. The van der Waals surface area contributed by atoms with Gasteiger partial charge < -0.3 is 10.6 Å². The van der Waals surface area contributed by atoms with E-state index in [0.717, 1.165) is 0 Å². The lowest BCUT2D eigenvalue weighted by molar-refractivity contribution is 1.03. The van der Waals surface area contributed by atoms with E-state index in [1.165, 1.54) is 0 Å². The Kier molecular flexibility index (Phi) is 2.28. The number of aromatic nitrogens is 2.